The fraction of sp³-hybridized carbons (Fsp3) is 0.0800. The first-order valence-electron chi connectivity index (χ1n) is 10.4. The van der Waals surface area contributed by atoms with E-state index in [1.54, 1.807) is 7.11 Å². The van der Waals surface area contributed by atoms with Gasteiger partial charge >= 0.3 is 0 Å². The number of thioether (sulfide) groups is 1. The van der Waals surface area contributed by atoms with Crippen LogP contribution >= 0.6 is 11.8 Å². The molecule has 0 amide bonds. The second kappa shape index (κ2) is 9.72. The Labute approximate surface area is 199 Å². The molecule has 0 radical (unpaired) electrons. The summed E-state index contributed by atoms with van der Waals surface area (Å²) < 4.78 is 12.8. The number of aromatic nitrogens is 5. The Bertz CT molecular complexity index is 1400. The number of hydrogen-bond acceptors (Lipinski definition) is 8. The van der Waals surface area contributed by atoms with E-state index in [2.05, 4.69) is 20.4 Å². The maximum atomic E-state index is 12.8. The number of Topliss-reactive ketones (excluding diaryl/α,β-unsaturated/α-hetero) is 1. The summed E-state index contributed by atoms with van der Waals surface area (Å²) in [6.45, 7) is 0. The molecule has 8 nitrogen and oxygen atoms in total. The van der Waals surface area contributed by atoms with E-state index in [1.165, 1.54) is 11.8 Å². The molecule has 5 aromatic rings. The van der Waals surface area contributed by atoms with Crippen LogP contribution in [0.3, 0.4) is 0 Å². The third kappa shape index (κ3) is 4.46. The van der Waals surface area contributed by atoms with Crippen LogP contribution in [-0.2, 0) is 0 Å². The zero-order valence-corrected chi connectivity index (χ0v) is 19.0. The number of ketones is 1. The molecule has 5 rings (SSSR count). The molecule has 34 heavy (non-hydrogen) atoms. The Hall–Kier alpha value is -4.24. The van der Waals surface area contributed by atoms with E-state index in [0.29, 0.717) is 16.9 Å². The van der Waals surface area contributed by atoms with Crippen LogP contribution in [0.4, 0.5) is 0 Å². The van der Waals surface area contributed by atoms with E-state index >= 15 is 0 Å². The number of carbonyl (C=O) groups is 1. The predicted molar refractivity (Wildman–Crippen MR) is 128 cm³/mol. The third-order valence-electron chi connectivity index (χ3n) is 5.01. The molecule has 0 fully saturated rings. The lowest BCUT2D eigenvalue weighted by atomic mass is 10.2. The molecule has 168 valence electrons. The lowest BCUT2D eigenvalue weighted by molar-refractivity contribution is 0.0986. The van der Waals surface area contributed by atoms with Crippen molar-refractivity contribution in [2.24, 2.45) is 0 Å². The van der Waals surface area contributed by atoms with Gasteiger partial charge in [-0.05, 0) is 48.5 Å². The highest BCUT2D eigenvalue weighted by Crippen LogP contribution is 2.29. The largest absolute Gasteiger partial charge is 0.497 e. The van der Waals surface area contributed by atoms with Gasteiger partial charge in [-0.3, -0.25) is 9.36 Å². The summed E-state index contributed by atoms with van der Waals surface area (Å²) in [4.78, 5) is 12.8. The van der Waals surface area contributed by atoms with Crippen LogP contribution in [0.5, 0.6) is 5.75 Å². The molecule has 0 aliphatic heterocycles. The SMILES string of the molecule is COc1ccc(-c2nnc(SCC(=O)c3nnc(-c4ccccc4)o3)n2-c2ccccc2)cc1. The molecule has 0 spiro atoms. The molecule has 0 bridgehead atoms. The van der Waals surface area contributed by atoms with E-state index in [9.17, 15) is 4.79 Å². The summed E-state index contributed by atoms with van der Waals surface area (Å²) in [7, 11) is 1.62. The van der Waals surface area contributed by atoms with Crippen molar-refractivity contribution in [3.05, 3.63) is 90.8 Å². The molecule has 2 heterocycles. The number of carbonyl (C=O) groups excluding carboxylic acids is 1. The topological polar surface area (TPSA) is 95.9 Å². The fourth-order valence-electron chi connectivity index (χ4n) is 3.33. The number of ether oxygens (including phenoxy) is 1. The average molecular weight is 470 g/mol. The van der Waals surface area contributed by atoms with Crippen molar-refractivity contribution in [1.29, 1.82) is 0 Å². The lowest BCUT2D eigenvalue weighted by Gasteiger charge is -2.10. The highest BCUT2D eigenvalue weighted by Gasteiger charge is 2.20. The number of benzene rings is 3. The number of nitrogens with zero attached hydrogens (tertiary/aromatic N) is 5. The summed E-state index contributed by atoms with van der Waals surface area (Å²) in [5.41, 5.74) is 2.52. The van der Waals surface area contributed by atoms with E-state index in [-0.39, 0.29) is 17.4 Å². The molecule has 2 aromatic heterocycles. The average Bonchev–Trinajstić information content (AvgIpc) is 3.56. The summed E-state index contributed by atoms with van der Waals surface area (Å²) in [6, 6.07) is 26.7. The Morgan fingerprint density at radius 2 is 1.56 bits per heavy atom. The molecular weight excluding hydrogens is 450 g/mol. The third-order valence-corrected chi connectivity index (χ3v) is 5.94. The van der Waals surface area contributed by atoms with Crippen LogP contribution in [0, 0.1) is 0 Å². The monoisotopic (exact) mass is 469 g/mol. The minimum Gasteiger partial charge on any atom is -0.497 e. The standard InChI is InChI=1S/C25H19N5O3S/c1-32-20-14-12-17(13-15-20)22-26-29-25(30(22)19-10-6-3-7-11-19)34-16-21(31)24-28-27-23(33-24)18-8-4-2-5-9-18/h2-15H,16H2,1H3. The minimum absolute atomic E-state index is 0.0347. The fourth-order valence-corrected chi connectivity index (χ4v) is 4.13. The second-order valence-electron chi connectivity index (χ2n) is 7.20. The second-order valence-corrected chi connectivity index (χ2v) is 8.14. The minimum atomic E-state index is -0.284. The van der Waals surface area contributed by atoms with Gasteiger partial charge in [0.15, 0.2) is 11.0 Å². The molecule has 0 unspecified atom stereocenters. The summed E-state index contributed by atoms with van der Waals surface area (Å²) in [6.07, 6.45) is 0. The Balaban J connectivity index is 1.40. The molecule has 3 aromatic carbocycles. The van der Waals surface area contributed by atoms with Gasteiger partial charge in [-0.25, -0.2) is 0 Å². The van der Waals surface area contributed by atoms with Crippen molar-refractivity contribution in [2.75, 3.05) is 12.9 Å². The highest BCUT2D eigenvalue weighted by atomic mass is 32.2. The number of methoxy groups -OCH3 is 1. The van der Waals surface area contributed by atoms with Gasteiger partial charge in [0, 0.05) is 16.8 Å². The van der Waals surface area contributed by atoms with Crippen molar-refractivity contribution >= 4 is 17.5 Å². The van der Waals surface area contributed by atoms with Crippen LogP contribution in [0.1, 0.15) is 10.7 Å². The lowest BCUT2D eigenvalue weighted by Crippen LogP contribution is -2.05. The van der Waals surface area contributed by atoms with E-state index in [4.69, 9.17) is 9.15 Å². The van der Waals surface area contributed by atoms with Crippen molar-refractivity contribution in [3.8, 4) is 34.3 Å². The van der Waals surface area contributed by atoms with Gasteiger partial charge in [-0.15, -0.1) is 20.4 Å². The van der Waals surface area contributed by atoms with Crippen LogP contribution < -0.4 is 4.74 Å². The summed E-state index contributed by atoms with van der Waals surface area (Å²) >= 11 is 1.26. The Kier molecular flexibility index (Phi) is 6.17. The predicted octanol–water partition coefficient (Wildman–Crippen LogP) is 4.97. The quantitative estimate of drug-likeness (QED) is 0.232. The van der Waals surface area contributed by atoms with Crippen molar-refractivity contribution in [3.63, 3.8) is 0 Å². The molecular formula is C25H19N5O3S. The zero-order valence-electron chi connectivity index (χ0n) is 18.2. The van der Waals surface area contributed by atoms with E-state index < -0.39 is 0 Å². The molecule has 0 aliphatic rings. The van der Waals surface area contributed by atoms with Gasteiger partial charge in [0.1, 0.15) is 5.75 Å². The van der Waals surface area contributed by atoms with Gasteiger partial charge in [-0.1, -0.05) is 48.2 Å². The zero-order chi connectivity index (χ0) is 23.3. The van der Waals surface area contributed by atoms with Crippen LogP contribution in [-0.4, -0.2) is 43.6 Å². The molecule has 0 saturated heterocycles. The molecule has 0 N–H and O–H groups in total. The van der Waals surface area contributed by atoms with Gasteiger partial charge in [0.25, 0.3) is 5.89 Å². The first-order chi connectivity index (χ1) is 16.7. The van der Waals surface area contributed by atoms with Gasteiger partial charge in [0.05, 0.1) is 12.9 Å². The van der Waals surface area contributed by atoms with Crippen molar-refractivity contribution in [2.45, 2.75) is 5.16 Å². The van der Waals surface area contributed by atoms with Gasteiger partial charge < -0.3 is 9.15 Å². The summed E-state index contributed by atoms with van der Waals surface area (Å²) in [5, 5.41) is 17.2. The van der Waals surface area contributed by atoms with E-state index in [1.807, 2.05) is 89.5 Å². The van der Waals surface area contributed by atoms with Crippen LogP contribution in [0.15, 0.2) is 94.5 Å². The number of hydrogen-bond donors (Lipinski definition) is 0. The van der Waals surface area contributed by atoms with Gasteiger partial charge in [0.2, 0.25) is 11.7 Å². The smallest absolute Gasteiger partial charge is 0.285 e. The van der Waals surface area contributed by atoms with Crippen LogP contribution in [0.25, 0.3) is 28.5 Å². The molecule has 9 heteroatoms. The maximum absolute atomic E-state index is 12.8. The number of rotatable bonds is 8. The Morgan fingerprint density at radius 1 is 0.853 bits per heavy atom. The molecule has 0 saturated carbocycles. The van der Waals surface area contributed by atoms with Crippen LogP contribution in [0.2, 0.25) is 0 Å². The normalized spacial score (nSPS) is 10.9. The first-order valence-corrected chi connectivity index (χ1v) is 11.4. The van der Waals surface area contributed by atoms with Crippen molar-refractivity contribution in [1.82, 2.24) is 25.0 Å². The molecule has 0 aliphatic carbocycles. The molecule has 0 atom stereocenters. The Morgan fingerprint density at radius 3 is 2.26 bits per heavy atom. The first kappa shape index (κ1) is 21.6. The van der Waals surface area contributed by atoms with Crippen molar-refractivity contribution < 1.29 is 13.9 Å². The summed E-state index contributed by atoms with van der Waals surface area (Å²) in [5.74, 6) is 1.48. The highest BCUT2D eigenvalue weighted by molar-refractivity contribution is 7.99. The maximum Gasteiger partial charge on any atom is 0.285 e. The number of para-hydroxylation sites is 1. The van der Waals surface area contributed by atoms with E-state index in [0.717, 1.165) is 22.6 Å². The van der Waals surface area contributed by atoms with Gasteiger partial charge in [-0.2, -0.15) is 0 Å².